The average molecular weight is 392 g/mol. The lowest BCUT2D eigenvalue weighted by molar-refractivity contribution is -0.125. The minimum absolute atomic E-state index is 0.0112. The van der Waals surface area contributed by atoms with Crippen LogP contribution in [0.5, 0.6) is 0 Å². The number of nitrogens with one attached hydrogen (secondary N) is 1. The van der Waals surface area contributed by atoms with Gasteiger partial charge in [0.05, 0.1) is 0 Å². The molecule has 0 bridgehead atoms. The summed E-state index contributed by atoms with van der Waals surface area (Å²) in [7, 11) is 0. The molecular weight excluding hydrogens is 376 g/mol. The summed E-state index contributed by atoms with van der Waals surface area (Å²) in [5.41, 5.74) is 1.04. The summed E-state index contributed by atoms with van der Waals surface area (Å²) in [6.07, 6.45) is 0.416. The van der Waals surface area contributed by atoms with Gasteiger partial charge in [0, 0.05) is 23.2 Å². The van der Waals surface area contributed by atoms with Crippen molar-refractivity contribution in [2.24, 2.45) is 0 Å². The van der Waals surface area contributed by atoms with E-state index in [2.05, 4.69) is 20.7 Å². The third kappa shape index (κ3) is 4.65. The number of hydrogen-bond donors (Lipinski definition) is 1. The molecule has 1 N–H and O–H groups in total. The number of carbonyl (C=O) groups is 1. The van der Waals surface area contributed by atoms with Crippen LogP contribution in [0.25, 0.3) is 11.4 Å². The summed E-state index contributed by atoms with van der Waals surface area (Å²) in [5, 5.41) is 15.4. The first-order valence-electron chi connectivity index (χ1n) is 8.24. The lowest BCUT2D eigenvalue weighted by Crippen LogP contribution is -2.33. The highest BCUT2D eigenvalue weighted by Gasteiger charge is 2.22. The topological polar surface area (TPSA) is 72.7 Å². The van der Waals surface area contributed by atoms with E-state index in [1.807, 2.05) is 0 Å². The van der Waals surface area contributed by atoms with Crippen molar-refractivity contribution < 1.29 is 13.6 Å². The maximum atomic E-state index is 13.2. The highest BCUT2D eigenvalue weighted by molar-refractivity contribution is 6.30. The fourth-order valence-corrected chi connectivity index (χ4v) is 2.67. The summed E-state index contributed by atoms with van der Waals surface area (Å²) in [5.74, 6) is -1.40. The van der Waals surface area contributed by atoms with Gasteiger partial charge in [-0.2, -0.15) is 4.80 Å². The number of halogens is 3. The Kier molecular flexibility index (Phi) is 5.75. The molecule has 1 atom stereocenters. The van der Waals surface area contributed by atoms with Crippen molar-refractivity contribution in [1.82, 2.24) is 25.5 Å². The van der Waals surface area contributed by atoms with Crippen LogP contribution in [0.3, 0.4) is 0 Å². The molecule has 0 spiro atoms. The first-order valence-corrected chi connectivity index (χ1v) is 8.62. The van der Waals surface area contributed by atoms with E-state index in [0.717, 1.165) is 23.8 Å². The van der Waals surface area contributed by atoms with Gasteiger partial charge in [-0.3, -0.25) is 4.79 Å². The number of benzene rings is 2. The van der Waals surface area contributed by atoms with Crippen LogP contribution in [0.4, 0.5) is 8.78 Å². The molecule has 1 amide bonds. The van der Waals surface area contributed by atoms with Crippen LogP contribution < -0.4 is 5.32 Å². The molecule has 3 rings (SSSR count). The summed E-state index contributed by atoms with van der Waals surface area (Å²) in [4.78, 5) is 13.7. The molecule has 0 saturated heterocycles. The molecule has 0 aliphatic heterocycles. The van der Waals surface area contributed by atoms with Crippen LogP contribution in [-0.4, -0.2) is 26.1 Å². The Balaban J connectivity index is 1.70. The quantitative estimate of drug-likeness (QED) is 0.697. The molecule has 27 heavy (non-hydrogen) atoms. The molecule has 0 radical (unpaired) electrons. The van der Waals surface area contributed by atoms with Gasteiger partial charge in [0.1, 0.15) is 11.6 Å². The zero-order valence-corrected chi connectivity index (χ0v) is 15.1. The molecule has 1 aromatic heterocycles. The van der Waals surface area contributed by atoms with Crippen molar-refractivity contribution in [3.63, 3.8) is 0 Å². The van der Waals surface area contributed by atoms with E-state index in [-0.39, 0.29) is 12.5 Å². The molecule has 1 unspecified atom stereocenters. The lowest BCUT2D eigenvalue weighted by atomic mass is 10.2. The van der Waals surface area contributed by atoms with Crippen molar-refractivity contribution in [2.75, 3.05) is 0 Å². The van der Waals surface area contributed by atoms with Crippen LogP contribution in [0, 0.1) is 11.6 Å². The number of tetrazole rings is 1. The van der Waals surface area contributed by atoms with E-state index < -0.39 is 17.7 Å². The minimum Gasteiger partial charge on any atom is -0.350 e. The van der Waals surface area contributed by atoms with Crippen molar-refractivity contribution >= 4 is 17.5 Å². The Hall–Kier alpha value is -2.87. The van der Waals surface area contributed by atoms with Crippen molar-refractivity contribution in [3.8, 4) is 11.4 Å². The summed E-state index contributed by atoms with van der Waals surface area (Å²) >= 11 is 5.86. The average Bonchev–Trinajstić information content (AvgIpc) is 3.10. The van der Waals surface area contributed by atoms with Crippen LogP contribution in [0.1, 0.15) is 24.9 Å². The lowest BCUT2D eigenvalue weighted by Gasteiger charge is -2.13. The summed E-state index contributed by atoms with van der Waals surface area (Å²) in [6, 6.07) is 9.33. The molecule has 0 fully saturated rings. The molecule has 0 saturated carbocycles. The Morgan fingerprint density at radius 2 is 1.85 bits per heavy atom. The van der Waals surface area contributed by atoms with Gasteiger partial charge in [-0.1, -0.05) is 18.5 Å². The smallest absolute Gasteiger partial charge is 0.247 e. The van der Waals surface area contributed by atoms with E-state index in [9.17, 15) is 13.6 Å². The molecular formula is C18H16ClF2N5O. The monoisotopic (exact) mass is 391 g/mol. The molecule has 6 nitrogen and oxygen atoms in total. The van der Waals surface area contributed by atoms with Gasteiger partial charge < -0.3 is 5.32 Å². The van der Waals surface area contributed by atoms with Crippen LogP contribution in [0.2, 0.25) is 5.02 Å². The van der Waals surface area contributed by atoms with E-state index >= 15 is 0 Å². The first-order chi connectivity index (χ1) is 13.0. The SMILES string of the molecule is CCC(C(=O)NCc1cc(F)cc(F)c1)n1nnc(-c2ccc(Cl)cc2)n1. The Bertz CT molecular complexity index is 925. The minimum atomic E-state index is -0.697. The van der Waals surface area contributed by atoms with Crippen LogP contribution in [0.15, 0.2) is 42.5 Å². The second-order valence-corrected chi connectivity index (χ2v) is 6.30. The van der Waals surface area contributed by atoms with Crippen LogP contribution >= 0.6 is 11.6 Å². The highest BCUT2D eigenvalue weighted by atomic mass is 35.5. The van der Waals surface area contributed by atoms with Gasteiger partial charge in [-0.25, -0.2) is 8.78 Å². The van der Waals surface area contributed by atoms with Crippen molar-refractivity contribution in [2.45, 2.75) is 25.9 Å². The van der Waals surface area contributed by atoms with Gasteiger partial charge in [0.25, 0.3) is 0 Å². The van der Waals surface area contributed by atoms with Gasteiger partial charge in [0.15, 0.2) is 6.04 Å². The largest absolute Gasteiger partial charge is 0.350 e. The fourth-order valence-electron chi connectivity index (χ4n) is 2.55. The summed E-state index contributed by atoms with van der Waals surface area (Å²) in [6.45, 7) is 1.79. The number of carbonyl (C=O) groups excluding carboxylic acids is 1. The van der Waals surface area contributed by atoms with Gasteiger partial charge in [-0.15, -0.1) is 10.2 Å². The van der Waals surface area contributed by atoms with Gasteiger partial charge in [-0.05, 0) is 53.6 Å². The first kappa shape index (κ1) is 18.9. The van der Waals surface area contributed by atoms with Crippen molar-refractivity contribution in [1.29, 1.82) is 0 Å². The Labute approximate surface area is 159 Å². The van der Waals surface area contributed by atoms with Gasteiger partial charge >= 0.3 is 0 Å². The molecule has 2 aromatic carbocycles. The zero-order chi connectivity index (χ0) is 19.4. The van der Waals surface area contributed by atoms with E-state index in [1.54, 1.807) is 31.2 Å². The van der Waals surface area contributed by atoms with Gasteiger partial charge in [0.2, 0.25) is 11.7 Å². The molecule has 9 heteroatoms. The number of amides is 1. The molecule has 140 valence electrons. The molecule has 0 aliphatic rings. The predicted octanol–water partition coefficient (Wildman–Crippen LogP) is 3.54. The molecule has 3 aromatic rings. The third-order valence-electron chi connectivity index (χ3n) is 3.89. The van der Waals surface area contributed by atoms with Crippen LogP contribution in [-0.2, 0) is 11.3 Å². The van der Waals surface area contributed by atoms with E-state index in [0.29, 0.717) is 22.8 Å². The standard InChI is InChI=1S/C18H16ClF2N5O/c1-2-16(18(27)22-10-11-7-14(20)9-15(21)8-11)26-24-17(23-25-26)12-3-5-13(19)6-4-12/h3-9,16H,2,10H2,1H3,(H,22,27). The molecule has 1 heterocycles. The molecule has 0 aliphatic carbocycles. The number of hydrogen-bond acceptors (Lipinski definition) is 4. The number of rotatable bonds is 6. The second-order valence-electron chi connectivity index (χ2n) is 5.86. The predicted molar refractivity (Wildman–Crippen MR) is 95.8 cm³/mol. The maximum Gasteiger partial charge on any atom is 0.247 e. The number of nitrogens with zero attached hydrogens (tertiary/aromatic N) is 4. The van der Waals surface area contributed by atoms with Crippen molar-refractivity contribution in [3.05, 3.63) is 64.7 Å². The second kappa shape index (κ2) is 8.22. The number of aromatic nitrogens is 4. The summed E-state index contributed by atoms with van der Waals surface area (Å²) < 4.78 is 26.5. The fraction of sp³-hybridized carbons (Fsp3) is 0.222. The normalized spacial score (nSPS) is 12.0. The third-order valence-corrected chi connectivity index (χ3v) is 4.14. The zero-order valence-electron chi connectivity index (χ0n) is 14.4. The maximum absolute atomic E-state index is 13.2. The Morgan fingerprint density at radius 1 is 1.19 bits per heavy atom. The van der Waals surface area contributed by atoms with E-state index in [4.69, 9.17) is 11.6 Å². The highest BCUT2D eigenvalue weighted by Crippen LogP contribution is 2.18. The Morgan fingerprint density at radius 3 is 2.48 bits per heavy atom. The van der Waals surface area contributed by atoms with E-state index in [1.165, 1.54) is 4.80 Å².